The SMILES string of the molecule is C=C1C(Cn2nc(C)c(-c3cccc(F)c3OC)c(CCc3cccc(F)c3)c2=O)=CC=CC1=NSC. The first-order valence-corrected chi connectivity index (χ1v) is 12.9. The van der Waals surface area contributed by atoms with Crippen LogP contribution in [0.5, 0.6) is 5.75 Å². The summed E-state index contributed by atoms with van der Waals surface area (Å²) in [6.07, 6.45) is 8.22. The number of para-hydroxylation sites is 1. The Labute approximate surface area is 219 Å². The van der Waals surface area contributed by atoms with E-state index in [0.29, 0.717) is 35.2 Å². The number of rotatable bonds is 8. The number of hydrogen-bond acceptors (Lipinski definition) is 5. The van der Waals surface area contributed by atoms with E-state index in [1.165, 1.54) is 41.9 Å². The number of nitrogens with zero attached hydrogens (tertiary/aromatic N) is 3. The standard InChI is InChI=1S/C29H27F2N3O2S/c1-18-21(9-6-13-26(18)33-37-4)17-34-29(35)24(15-14-20-8-5-10-22(30)16-20)27(19(2)32-34)23-11-7-12-25(31)28(23)36-3/h5-13,16H,1,14-15,17H2,2-4H3. The van der Waals surface area contributed by atoms with E-state index in [4.69, 9.17) is 4.74 Å². The van der Waals surface area contributed by atoms with Gasteiger partial charge in [0.25, 0.3) is 5.56 Å². The third kappa shape index (κ3) is 5.64. The average Bonchev–Trinajstić information content (AvgIpc) is 2.87. The Bertz CT molecular complexity index is 1510. The first-order valence-electron chi connectivity index (χ1n) is 11.7. The fraction of sp³-hybridized carbons (Fsp3) is 0.207. The van der Waals surface area contributed by atoms with Crippen molar-refractivity contribution in [3.05, 3.63) is 117 Å². The zero-order chi connectivity index (χ0) is 26.5. The summed E-state index contributed by atoms with van der Waals surface area (Å²) in [5, 5.41) is 4.60. The molecule has 37 heavy (non-hydrogen) atoms. The molecule has 0 unspecified atom stereocenters. The van der Waals surface area contributed by atoms with Gasteiger partial charge in [0.2, 0.25) is 0 Å². The molecule has 1 aliphatic rings. The fourth-order valence-corrected chi connectivity index (χ4v) is 4.81. The number of aromatic nitrogens is 2. The van der Waals surface area contributed by atoms with E-state index in [2.05, 4.69) is 16.1 Å². The first-order chi connectivity index (χ1) is 17.8. The van der Waals surface area contributed by atoms with E-state index in [9.17, 15) is 13.6 Å². The lowest BCUT2D eigenvalue weighted by molar-refractivity contribution is 0.388. The highest BCUT2D eigenvalue weighted by molar-refractivity contribution is 7.97. The van der Waals surface area contributed by atoms with Crippen LogP contribution in [0.15, 0.2) is 87.6 Å². The van der Waals surface area contributed by atoms with Gasteiger partial charge in [0.1, 0.15) is 5.82 Å². The summed E-state index contributed by atoms with van der Waals surface area (Å²) in [5.74, 6) is -0.829. The van der Waals surface area contributed by atoms with Gasteiger partial charge < -0.3 is 4.74 Å². The van der Waals surface area contributed by atoms with Crippen molar-refractivity contribution in [1.29, 1.82) is 0 Å². The van der Waals surface area contributed by atoms with E-state index in [1.807, 2.05) is 30.6 Å². The molecule has 1 heterocycles. The Balaban J connectivity index is 1.83. The van der Waals surface area contributed by atoms with Crippen LogP contribution in [0.3, 0.4) is 0 Å². The number of aryl methyl sites for hydroxylation is 2. The molecule has 190 valence electrons. The summed E-state index contributed by atoms with van der Waals surface area (Å²) < 4.78 is 39.6. The number of benzene rings is 2. The summed E-state index contributed by atoms with van der Waals surface area (Å²) in [5.41, 5.74) is 4.70. The number of ether oxygens (including phenoxy) is 1. The molecule has 0 spiro atoms. The molecule has 0 amide bonds. The van der Waals surface area contributed by atoms with Crippen molar-refractivity contribution >= 4 is 17.7 Å². The third-order valence-corrected chi connectivity index (χ3v) is 6.56. The van der Waals surface area contributed by atoms with E-state index in [-0.39, 0.29) is 23.7 Å². The minimum atomic E-state index is -0.532. The summed E-state index contributed by atoms with van der Waals surface area (Å²) >= 11 is 1.33. The quantitative estimate of drug-likeness (QED) is 0.340. The highest BCUT2D eigenvalue weighted by atomic mass is 32.2. The van der Waals surface area contributed by atoms with Crippen molar-refractivity contribution in [1.82, 2.24) is 9.78 Å². The first kappa shape index (κ1) is 26.3. The Morgan fingerprint density at radius 1 is 1.16 bits per heavy atom. The van der Waals surface area contributed by atoms with Crippen LogP contribution in [-0.2, 0) is 19.4 Å². The molecule has 0 aliphatic heterocycles. The van der Waals surface area contributed by atoms with E-state index in [1.54, 1.807) is 25.1 Å². The molecule has 0 bridgehead atoms. The molecule has 1 aromatic heterocycles. The summed E-state index contributed by atoms with van der Waals surface area (Å²) in [6, 6.07) is 10.9. The predicted octanol–water partition coefficient (Wildman–Crippen LogP) is 6.06. The molecular weight excluding hydrogens is 492 g/mol. The van der Waals surface area contributed by atoms with Gasteiger partial charge in [-0.1, -0.05) is 43.0 Å². The molecule has 5 nitrogen and oxygen atoms in total. The van der Waals surface area contributed by atoms with Crippen LogP contribution in [0, 0.1) is 18.6 Å². The molecule has 3 aromatic rings. The zero-order valence-corrected chi connectivity index (χ0v) is 21.7. The van der Waals surface area contributed by atoms with Gasteiger partial charge >= 0.3 is 0 Å². The lowest BCUT2D eigenvalue weighted by Crippen LogP contribution is -2.30. The van der Waals surface area contributed by atoms with E-state index < -0.39 is 5.82 Å². The number of halogens is 2. The third-order valence-electron chi connectivity index (χ3n) is 6.18. The van der Waals surface area contributed by atoms with E-state index in [0.717, 1.165) is 22.4 Å². The van der Waals surface area contributed by atoms with Crippen LogP contribution in [0.1, 0.15) is 16.8 Å². The van der Waals surface area contributed by atoms with E-state index >= 15 is 0 Å². The van der Waals surface area contributed by atoms with Crippen LogP contribution >= 0.6 is 11.9 Å². The monoisotopic (exact) mass is 519 g/mol. The summed E-state index contributed by atoms with van der Waals surface area (Å²) in [6.45, 7) is 6.13. The van der Waals surface area contributed by atoms with Gasteiger partial charge in [-0.25, -0.2) is 17.9 Å². The lowest BCUT2D eigenvalue weighted by atomic mass is 9.94. The highest BCUT2D eigenvalue weighted by Crippen LogP contribution is 2.35. The second kappa shape index (κ2) is 11.5. The number of hydrogen-bond donors (Lipinski definition) is 0. The van der Waals surface area contributed by atoms with Gasteiger partial charge in [-0.2, -0.15) is 5.10 Å². The minimum Gasteiger partial charge on any atom is -0.493 e. The summed E-state index contributed by atoms with van der Waals surface area (Å²) in [7, 11) is 1.39. The molecule has 0 fully saturated rings. The molecule has 0 radical (unpaired) electrons. The van der Waals surface area contributed by atoms with Gasteiger partial charge in [-0.15, -0.1) is 0 Å². The van der Waals surface area contributed by atoms with Gasteiger partial charge in [0.05, 0.1) is 25.1 Å². The smallest absolute Gasteiger partial charge is 0.270 e. The minimum absolute atomic E-state index is 0.0444. The van der Waals surface area contributed by atoms with Crippen LogP contribution in [0.25, 0.3) is 11.1 Å². The Morgan fingerprint density at radius 2 is 1.95 bits per heavy atom. The normalized spacial score (nSPS) is 14.2. The van der Waals surface area contributed by atoms with Gasteiger partial charge in [-0.05, 0) is 72.7 Å². The van der Waals surface area contributed by atoms with Crippen LogP contribution in [-0.4, -0.2) is 28.9 Å². The topological polar surface area (TPSA) is 56.5 Å². The molecule has 0 saturated heterocycles. The number of allylic oxidation sites excluding steroid dienone is 5. The molecule has 1 aliphatic carbocycles. The Morgan fingerprint density at radius 3 is 2.68 bits per heavy atom. The van der Waals surface area contributed by atoms with Crippen LogP contribution < -0.4 is 10.3 Å². The van der Waals surface area contributed by atoms with Gasteiger partial charge in [0.15, 0.2) is 11.6 Å². The van der Waals surface area contributed by atoms with Crippen molar-refractivity contribution in [3.63, 3.8) is 0 Å². The Hall–Kier alpha value is -3.78. The maximum Gasteiger partial charge on any atom is 0.270 e. The molecule has 4 rings (SSSR count). The van der Waals surface area contributed by atoms with Gasteiger partial charge in [0, 0.05) is 22.9 Å². The van der Waals surface area contributed by atoms with Crippen LogP contribution in [0.4, 0.5) is 8.78 Å². The summed E-state index contributed by atoms with van der Waals surface area (Å²) in [4.78, 5) is 13.9. The maximum absolute atomic E-state index is 14.6. The van der Waals surface area contributed by atoms with Crippen molar-refractivity contribution < 1.29 is 13.5 Å². The average molecular weight is 520 g/mol. The molecule has 0 saturated carbocycles. The van der Waals surface area contributed by atoms with Crippen molar-refractivity contribution in [3.8, 4) is 16.9 Å². The lowest BCUT2D eigenvalue weighted by Gasteiger charge is -2.19. The van der Waals surface area contributed by atoms with Crippen molar-refractivity contribution in [2.75, 3.05) is 13.4 Å². The molecule has 0 N–H and O–H groups in total. The number of methoxy groups -OCH3 is 1. The van der Waals surface area contributed by atoms with Crippen molar-refractivity contribution in [2.24, 2.45) is 4.40 Å². The second-order valence-electron chi connectivity index (χ2n) is 8.54. The van der Waals surface area contributed by atoms with Crippen molar-refractivity contribution in [2.45, 2.75) is 26.3 Å². The zero-order valence-electron chi connectivity index (χ0n) is 20.9. The molecule has 0 atom stereocenters. The van der Waals surface area contributed by atoms with Crippen LogP contribution in [0.2, 0.25) is 0 Å². The largest absolute Gasteiger partial charge is 0.493 e. The second-order valence-corrected chi connectivity index (χ2v) is 9.09. The fourth-order valence-electron chi connectivity index (χ4n) is 4.44. The highest BCUT2D eigenvalue weighted by Gasteiger charge is 2.22. The van der Waals surface area contributed by atoms with Gasteiger partial charge in [-0.3, -0.25) is 4.79 Å². The molecule has 8 heteroatoms. The predicted molar refractivity (Wildman–Crippen MR) is 146 cm³/mol. The molecule has 2 aromatic carbocycles. The molecular formula is C29H27F2N3O2S. The maximum atomic E-state index is 14.6. The Kier molecular flexibility index (Phi) is 8.18.